The molecule has 0 unspecified atom stereocenters. The number of methoxy groups -OCH3 is 1. The van der Waals surface area contributed by atoms with E-state index in [1.807, 2.05) is 18.2 Å². The Balaban J connectivity index is 0.000000213. The summed E-state index contributed by atoms with van der Waals surface area (Å²) in [5, 5.41) is 44.5. The van der Waals surface area contributed by atoms with Gasteiger partial charge in [0.25, 0.3) is 11.8 Å². The van der Waals surface area contributed by atoms with E-state index >= 15 is 0 Å². The number of fused-ring (bicyclic) bond motifs is 2. The highest BCUT2D eigenvalue weighted by molar-refractivity contribution is 6.32. The number of rotatable bonds is 13. The molecule has 0 saturated heterocycles. The van der Waals surface area contributed by atoms with E-state index in [-0.39, 0.29) is 35.7 Å². The zero-order chi connectivity index (χ0) is 45.0. The van der Waals surface area contributed by atoms with Crippen molar-refractivity contribution in [3.05, 3.63) is 172 Å². The third-order valence-corrected chi connectivity index (χ3v) is 9.74. The first-order valence-corrected chi connectivity index (χ1v) is 19.3. The number of carbonyl (C=O) groups excluding carboxylic acids is 3. The summed E-state index contributed by atoms with van der Waals surface area (Å²) < 4.78 is 8.17. The van der Waals surface area contributed by atoms with Crippen LogP contribution in [0.3, 0.4) is 0 Å². The Bertz CT molecular complexity index is 3060. The first kappa shape index (κ1) is 43.8. The normalized spacial score (nSPS) is 11.1. The largest absolute Gasteiger partial charge is 0.495 e. The van der Waals surface area contributed by atoms with Gasteiger partial charge in [0.15, 0.2) is 5.78 Å². The van der Waals surface area contributed by atoms with Crippen LogP contribution in [0.5, 0.6) is 5.75 Å². The first-order chi connectivity index (χ1) is 30.4. The average Bonchev–Trinajstić information content (AvgIpc) is 3.80. The molecule has 0 bridgehead atoms. The Hall–Kier alpha value is -8.72. The Labute approximate surface area is 364 Å². The molecule has 0 fully saturated rings. The summed E-state index contributed by atoms with van der Waals surface area (Å²) in [6, 6.07) is 38.1. The van der Waals surface area contributed by atoms with Crippen LogP contribution in [-0.4, -0.2) is 56.0 Å². The van der Waals surface area contributed by atoms with Crippen molar-refractivity contribution in [1.82, 2.24) is 9.13 Å². The molecular weight excluding hydrogens is 824 g/mol. The smallest absolute Gasteiger partial charge is 0.323 e. The van der Waals surface area contributed by atoms with Crippen molar-refractivity contribution in [2.45, 2.75) is 13.1 Å². The number of carbonyl (C=O) groups is 5. The van der Waals surface area contributed by atoms with Crippen molar-refractivity contribution in [1.29, 1.82) is 10.5 Å². The number of ether oxygens (including phenoxy) is 1. The first-order valence-electron chi connectivity index (χ1n) is 18.9. The van der Waals surface area contributed by atoms with Crippen LogP contribution in [-0.2, 0) is 32.3 Å². The minimum atomic E-state index is -1.01. The molecule has 7 aromatic rings. The molecule has 0 radical (unpaired) electrons. The van der Waals surface area contributed by atoms with E-state index in [0.717, 1.165) is 5.39 Å². The maximum Gasteiger partial charge on any atom is 0.323 e. The fourth-order valence-electron chi connectivity index (χ4n) is 6.61. The van der Waals surface area contributed by atoms with Crippen molar-refractivity contribution in [3.8, 4) is 17.9 Å². The van der Waals surface area contributed by atoms with Crippen LogP contribution >= 0.6 is 11.6 Å². The van der Waals surface area contributed by atoms with Crippen molar-refractivity contribution in [2.75, 3.05) is 17.7 Å². The van der Waals surface area contributed by atoms with E-state index in [4.69, 9.17) is 21.4 Å². The number of amides is 2. The van der Waals surface area contributed by atoms with Gasteiger partial charge in [-0.15, -0.1) is 0 Å². The molecule has 2 aromatic heterocycles. The highest BCUT2D eigenvalue weighted by atomic mass is 35.5. The second kappa shape index (κ2) is 20.0. The SMILES string of the molecule is COc1ccc(NC(=O)C(C#N)=Cc2cn(CC(=O)O)c3ccccc23)cc1Cl.N#CC(=Cc1cn(CC(=O)O)c2ccccc12)C(=O)Nc1ccccc1C(=O)c1ccccc1. The number of carboxylic acids is 2. The molecule has 14 nitrogen and oxygen atoms in total. The van der Waals surface area contributed by atoms with Crippen molar-refractivity contribution in [3.63, 3.8) is 0 Å². The van der Waals surface area contributed by atoms with Gasteiger partial charge in [0, 0.05) is 62.1 Å². The number of para-hydroxylation sites is 3. The predicted molar refractivity (Wildman–Crippen MR) is 238 cm³/mol. The fourth-order valence-corrected chi connectivity index (χ4v) is 6.87. The summed E-state index contributed by atoms with van der Waals surface area (Å²) >= 11 is 6.06. The number of hydrogen-bond acceptors (Lipinski definition) is 8. The van der Waals surface area contributed by atoms with Gasteiger partial charge in [-0.2, -0.15) is 10.5 Å². The van der Waals surface area contributed by atoms with Gasteiger partial charge in [-0.05, 0) is 54.6 Å². The molecule has 0 aliphatic heterocycles. The van der Waals surface area contributed by atoms with Gasteiger partial charge in [0.05, 0.1) is 17.8 Å². The number of hydrogen-bond donors (Lipinski definition) is 4. The van der Waals surface area contributed by atoms with Crippen molar-refractivity contribution < 1.29 is 38.9 Å². The molecule has 5 aromatic carbocycles. The fraction of sp³-hybridized carbons (Fsp3) is 0.0625. The lowest BCUT2D eigenvalue weighted by molar-refractivity contribution is -0.138. The molecule has 0 aliphatic rings. The molecule has 7 rings (SSSR count). The van der Waals surface area contributed by atoms with Gasteiger partial charge in [-0.25, -0.2) is 0 Å². The van der Waals surface area contributed by atoms with E-state index in [2.05, 4.69) is 10.6 Å². The van der Waals surface area contributed by atoms with Gasteiger partial charge >= 0.3 is 11.9 Å². The number of aromatic nitrogens is 2. The maximum absolute atomic E-state index is 13.0. The van der Waals surface area contributed by atoms with Gasteiger partial charge in [0.1, 0.15) is 42.1 Å². The van der Waals surface area contributed by atoms with Gasteiger partial charge in [-0.1, -0.05) is 90.5 Å². The average molecular weight is 859 g/mol. The van der Waals surface area contributed by atoms with Gasteiger partial charge in [0.2, 0.25) is 0 Å². The van der Waals surface area contributed by atoms with Gasteiger partial charge in [-0.3, -0.25) is 24.0 Å². The Morgan fingerprint density at radius 1 is 0.667 bits per heavy atom. The molecule has 4 N–H and O–H groups in total. The summed E-state index contributed by atoms with van der Waals surface area (Å²) in [5.74, 6) is -3.07. The number of anilines is 2. The second-order valence-corrected chi connectivity index (χ2v) is 14.0. The molecule has 0 aliphatic carbocycles. The van der Waals surface area contributed by atoms with E-state index in [9.17, 15) is 39.6 Å². The highest BCUT2D eigenvalue weighted by Crippen LogP contribution is 2.29. The topological polar surface area (TPSA) is 217 Å². The molecule has 63 heavy (non-hydrogen) atoms. The third-order valence-electron chi connectivity index (χ3n) is 9.45. The number of carboxylic acid groups (broad SMARTS) is 2. The lowest BCUT2D eigenvalue weighted by Crippen LogP contribution is -2.16. The lowest BCUT2D eigenvalue weighted by atomic mass is 10.0. The van der Waals surface area contributed by atoms with Crippen LogP contribution in [0, 0.1) is 22.7 Å². The highest BCUT2D eigenvalue weighted by Gasteiger charge is 2.19. The zero-order valence-corrected chi connectivity index (χ0v) is 34.0. The molecule has 312 valence electrons. The van der Waals surface area contributed by atoms with Crippen LogP contribution in [0.15, 0.2) is 145 Å². The predicted octanol–water partition coefficient (Wildman–Crippen LogP) is 8.44. The van der Waals surface area contributed by atoms with Crippen LogP contribution in [0.4, 0.5) is 11.4 Å². The summed E-state index contributed by atoms with van der Waals surface area (Å²) in [7, 11) is 1.48. The van der Waals surface area contributed by atoms with E-state index < -0.39 is 23.8 Å². The van der Waals surface area contributed by atoms with Crippen molar-refractivity contribution in [2.24, 2.45) is 0 Å². The number of aliphatic carboxylic acids is 2. The van der Waals surface area contributed by atoms with E-state index in [1.54, 1.807) is 131 Å². The quantitative estimate of drug-likeness (QED) is 0.0493. The summed E-state index contributed by atoms with van der Waals surface area (Å²) in [5.41, 5.74) is 3.65. The number of nitrogens with zero attached hydrogens (tertiary/aromatic N) is 4. The number of halogens is 1. The number of nitrogens with one attached hydrogen (secondary N) is 2. The number of ketones is 1. The molecular formula is C48H35ClN6O8. The van der Waals surface area contributed by atoms with Crippen LogP contribution in [0.2, 0.25) is 5.02 Å². The number of benzene rings is 5. The molecule has 2 heterocycles. The van der Waals surface area contributed by atoms with Gasteiger partial charge < -0.3 is 34.7 Å². The molecule has 15 heteroatoms. The minimum Gasteiger partial charge on any atom is -0.495 e. The lowest BCUT2D eigenvalue weighted by Gasteiger charge is -2.10. The van der Waals surface area contributed by atoms with E-state index in [0.29, 0.717) is 55.1 Å². The zero-order valence-electron chi connectivity index (χ0n) is 33.3. The summed E-state index contributed by atoms with van der Waals surface area (Å²) in [6.45, 7) is -0.482. The molecule has 0 spiro atoms. The summed E-state index contributed by atoms with van der Waals surface area (Å²) in [4.78, 5) is 60.8. The Morgan fingerprint density at radius 3 is 1.67 bits per heavy atom. The Kier molecular flexibility index (Phi) is 13.9. The third kappa shape index (κ3) is 10.5. The standard InChI is InChI=1S/C27H19N3O4.C21H16ClN3O4/c28-15-19(14-20-16-30(17-25(31)32)24-13-7-5-10-21(20)24)27(34)29-23-12-6-4-11-22(23)26(33)18-8-2-1-3-9-18;1-29-19-7-6-15(9-17(19)22)24-21(28)13(10-23)8-14-11-25(12-20(26)27)18-5-3-2-4-16(14)18/h1-14,16H,17H2,(H,29,34)(H,31,32);2-9,11H,12H2,1H3,(H,24,28)(H,26,27). The molecule has 2 amide bonds. The molecule has 0 atom stereocenters. The Morgan fingerprint density at radius 2 is 1.16 bits per heavy atom. The van der Waals surface area contributed by atoms with Crippen LogP contribution in [0.1, 0.15) is 27.0 Å². The van der Waals surface area contributed by atoms with Crippen LogP contribution < -0.4 is 15.4 Å². The monoisotopic (exact) mass is 858 g/mol. The van der Waals surface area contributed by atoms with Crippen LogP contribution in [0.25, 0.3) is 34.0 Å². The summed E-state index contributed by atoms with van der Waals surface area (Å²) in [6.07, 6.45) is 6.04. The minimum absolute atomic E-state index is 0.129. The second-order valence-electron chi connectivity index (χ2n) is 13.6. The van der Waals surface area contributed by atoms with E-state index in [1.165, 1.54) is 25.3 Å². The molecule has 0 saturated carbocycles. The maximum atomic E-state index is 13.0. The van der Waals surface area contributed by atoms with Crippen molar-refractivity contribution >= 4 is 86.5 Å². The number of nitriles is 2.